The van der Waals surface area contributed by atoms with Crippen molar-refractivity contribution in [1.29, 1.82) is 0 Å². The van der Waals surface area contributed by atoms with Gasteiger partial charge in [0.2, 0.25) is 0 Å². The van der Waals surface area contributed by atoms with Crippen molar-refractivity contribution in [2.75, 3.05) is 19.6 Å². The van der Waals surface area contributed by atoms with E-state index in [1.807, 2.05) is 6.92 Å². The fourth-order valence-corrected chi connectivity index (χ4v) is 1.69. The molecule has 5 heteroatoms. The van der Waals surface area contributed by atoms with Gasteiger partial charge >= 0.3 is 0 Å². The molecule has 0 amide bonds. The number of nitrogens with one attached hydrogen (secondary N) is 2. The van der Waals surface area contributed by atoms with Crippen LogP contribution in [-0.4, -0.2) is 35.7 Å². The van der Waals surface area contributed by atoms with E-state index >= 15 is 0 Å². The van der Waals surface area contributed by atoms with Crippen LogP contribution in [0.2, 0.25) is 0 Å². The quantitative estimate of drug-likeness (QED) is 0.524. The fourth-order valence-electron chi connectivity index (χ4n) is 1.69. The van der Waals surface area contributed by atoms with Crippen LogP contribution in [0.3, 0.4) is 0 Å². The van der Waals surface area contributed by atoms with Crippen molar-refractivity contribution in [2.24, 2.45) is 10.9 Å². The van der Waals surface area contributed by atoms with Crippen molar-refractivity contribution in [1.82, 2.24) is 15.6 Å². The minimum Gasteiger partial charge on any atom is -0.386 e. The Bertz CT molecular complexity index is 392. The van der Waals surface area contributed by atoms with Crippen LogP contribution in [0.15, 0.2) is 29.5 Å². The van der Waals surface area contributed by atoms with Gasteiger partial charge in [0.05, 0.1) is 12.6 Å². The molecule has 0 aliphatic carbocycles. The Balaban J connectivity index is 2.49. The van der Waals surface area contributed by atoms with Gasteiger partial charge in [-0.15, -0.1) is 0 Å². The summed E-state index contributed by atoms with van der Waals surface area (Å²) in [5.74, 6) is 1.41. The maximum absolute atomic E-state index is 10.1. The highest BCUT2D eigenvalue weighted by Gasteiger charge is 2.06. The van der Waals surface area contributed by atoms with E-state index in [1.54, 1.807) is 24.5 Å². The Hall–Kier alpha value is -1.62. The Morgan fingerprint density at radius 2 is 2.00 bits per heavy atom. The number of aliphatic hydroxyl groups excluding tert-OH is 1. The van der Waals surface area contributed by atoms with E-state index in [0.29, 0.717) is 12.5 Å². The number of rotatable bonds is 7. The lowest BCUT2D eigenvalue weighted by molar-refractivity contribution is 0.187. The van der Waals surface area contributed by atoms with E-state index in [9.17, 15) is 5.11 Å². The summed E-state index contributed by atoms with van der Waals surface area (Å²) in [5.41, 5.74) is 0.835. The monoisotopic (exact) mass is 278 g/mol. The molecule has 20 heavy (non-hydrogen) atoms. The van der Waals surface area contributed by atoms with Crippen molar-refractivity contribution in [2.45, 2.75) is 33.3 Å². The summed E-state index contributed by atoms with van der Waals surface area (Å²) in [7, 11) is 0. The third-order valence-electron chi connectivity index (χ3n) is 2.87. The zero-order valence-corrected chi connectivity index (χ0v) is 12.6. The third-order valence-corrected chi connectivity index (χ3v) is 2.87. The standard InChI is InChI=1S/C15H26N4O/c1-4-17-15(18-10-5-12(2)3)19-11-14(20)13-6-8-16-9-7-13/h6-9,12,14,20H,4-5,10-11H2,1-3H3,(H2,17,18,19). The van der Waals surface area contributed by atoms with Crippen LogP contribution in [0, 0.1) is 5.92 Å². The molecule has 5 nitrogen and oxygen atoms in total. The molecule has 1 atom stereocenters. The number of hydrogen-bond acceptors (Lipinski definition) is 3. The summed E-state index contributed by atoms with van der Waals surface area (Å²) in [6.45, 7) is 8.44. The molecule has 0 bridgehead atoms. The van der Waals surface area contributed by atoms with Gasteiger partial charge in [-0.25, -0.2) is 0 Å². The van der Waals surface area contributed by atoms with Crippen LogP contribution in [0.25, 0.3) is 0 Å². The average Bonchev–Trinajstić information content (AvgIpc) is 2.45. The number of nitrogens with zero attached hydrogens (tertiary/aromatic N) is 2. The normalized spacial score (nSPS) is 13.3. The first kappa shape index (κ1) is 16.4. The molecular formula is C15H26N4O. The van der Waals surface area contributed by atoms with Crippen LogP contribution in [0.1, 0.15) is 38.9 Å². The number of guanidine groups is 1. The first-order chi connectivity index (χ1) is 9.63. The molecule has 1 unspecified atom stereocenters. The summed E-state index contributed by atoms with van der Waals surface area (Å²) in [6, 6.07) is 3.61. The summed E-state index contributed by atoms with van der Waals surface area (Å²) in [5, 5.41) is 16.5. The Labute approximate surface area is 121 Å². The van der Waals surface area contributed by atoms with Crippen molar-refractivity contribution >= 4 is 5.96 Å². The number of aliphatic hydroxyl groups is 1. The lowest BCUT2D eigenvalue weighted by Gasteiger charge is -2.14. The number of aromatic nitrogens is 1. The average molecular weight is 278 g/mol. The molecule has 0 aliphatic rings. The van der Waals surface area contributed by atoms with Gasteiger partial charge in [0.1, 0.15) is 0 Å². The van der Waals surface area contributed by atoms with Gasteiger partial charge in [-0.05, 0) is 37.0 Å². The Kier molecular flexibility index (Phi) is 7.65. The molecule has 112 valence electrons. The second-order valence-corrected chi connectivity index (χ2v) is 5.13. The molecule has 1 aromatic rings. The van der Waals surface area contributed by atoms with E-state index in [-0.39, 0.29) is 0 Å². The molecule has 1 heterocycles. The van der Waals surface area contributed by atoms with Crippen molar-refractivity contribution in [3.05, 3.63) is 30.1 Å². The summed E-state index contributed by atoms with van der Waals surface area (Å²) in [6.07, 6.45) is 3.85. The predicted octanol–water partition coefficient (Wildman–Crippen LogP) is 1.72. The Morgan fingerprint density at radius 3 is 2.60 bits per heavy atom. The van der Waals surface area contributed by atoms with Crippen molar-refractivity contribution < 1.29 is 5.11 Å². The minimum absolute atomic E-state index is 0.334. The molecule has 0 fully saturated rings. The first-order valence-electron chi connectivity index (χ1n) is 7.23. The second kappa shape index (κ2) is 9.31. The molecule has 0 spiro atoms. The topological polar surface area (TPSA) is 69.5 Å². The molecule has 0 saturated carbocycles. The van der Waals surface area contributed by atoms with Crippen molar-refractivity contribution in [3.63, 3.8) is 0 Å². The lowest BCUT2D eigenvalue weighted by Crippen LogP contribution is -2.38. The summed E-state index contributed by atoms with van der Waals surface area (Å²) >= 11 is 0. The lowest BCUT2D eigenvalue weighted by atomic mass is 10.1. The van der Waals surface area contributed by atoms with E-state index in [1.165, 1.54) is 0 Å². The maximum atomic E-state index is 10.1. The molecule has 0 radical (unpaired) electrons. The highest BCUT2D eigenvalue weighted by Crippen LogP contribution is 2.10. The molecule has 0 saturated heterocycles. The maximum Gasteiger partial charge on any atom is 0.191 e. The summed E-state index contributed by atoms with van der Waals surface area (Å²) < 4.78 is 0. The Morgan fingerprint density at radius 1 is 1.30 bits per heavy atom. The molecule has 0 aromatic carbocycles. The fraction of sp³-hybridized carbons (Fsp3) is 0.600. The van der Waals surface area contributed by atoms with E-state index in [4.69, 9.17) is 0 Å². The highest BCUT2D eigenvalue weighted by atomic mass is 16.3. The number of aliphatic imine (C=N–C) groups is 1. The second-order valence-electron chi connectivity index (χ2n) is 5.13. The molecule has 3 N–H and O–H groups in total. The van der Waals surface area contributed by atoms with Gasteiger partial charge < -0.3 is 15.7 Å². The SMILES string of the molecule is CCNC(=NCC(O)c1ccncc1)NCCC(C)C. The summed E-state index contributed by atoms with van der Waals surface area (Å²) in [4.78, 5) is 8.35. The van der Waals surface area contributed by atoms with Crippen molar-refractivity contribution in [3.8, 4) is 0 Å². The third kappa shape index (κ3) is 6.52. The largest absolute Gasteiger partial charge is 0.386 e. The minimum atomic E-state index is -0.599. The molecule has 0 aliphatic heterocycles. The van der Waals surface area contributed by atoms with E-state index in [2.05, 4.69) is 34.5 Å². The van der Waals surface area contributed by atoms with Crippen LogP contribution < -0.4 is 10.6 Å². The number of pyridine rings is 1. The highest BCUT2D eigenvalue weighted by molar-refractivity contribution is 5.79. The molecular weight excluding hydrogens is 252 g/mol. The van der Waals surface area contributed by atoms with Gasteiger partial charge in [0, 0.05) is 25.5 Å². The van der Waals surface area contributed by atoms with E-state index < -0.39 is 6.10 Å². The van der Waals surface area contributed by atoms with Gasteiger partial charge in [0.15, 0.2) is 5.96 Å². The van der Waals surface area contributed by atoms with Gasteiger partial charge in [-0.2, -0.15) is 0 Å². The predicted molar refractivity (Wildman–Crippen MR) is 82.6 cm³/mol. The zero-order valence-electron chi connectivity index (χ0n) is 12.6. The smallest absolute Gasteiger partial charge is 0.191 e. The van der Waals surface area contributed by atoms with Gasteiger partial charge in [0.25, 0.3) is 0 Å². The molecule has 1 rings (SSSR count). The van der Waals surface area contributed by atoms with Gasteiger partial charge in [-0.1, -0.05) is 13.8 Å². The molecule has 1 aromatic heterocycles. The van der Waals surface area contributed by atoms with Crippen LogP contribution >= 0.6 is 0 Å². The van der Waals surface area contributed by atoms with E-state index in [0.717, 1.165) is 31.0 Å². The van der Waals surface area contributed by atoms with Crippen LogP contribution in [-0.2, 0) is 0 Å². The first-order valence-corrected chi connectivity index (χ1v) is 7.23. The van der Waals surface area contributed by atoms with Crippen LogP contribution in [0.5, 0.6) is 0 Å². The van der Waals surface area contributed by atoms with Gasteiger partial charge in [-0.3, -0.25) is 9.98 Å². The number of hydrogen-bond donors (Lipinski definition) is 3. The van der Waals surface area contributed by atoms with Crippen LogP contribution in [0.4, 0.5) is 0 Å². The zero-order chi connectivity index (χ0) is 14.8.